The molecule has 1 fully saturated rings. The number of nitrogen functional groups attached to an aromatic ring is 1. The van der Waals surface area contributed by atoms with E-state index < -0.39 is 0 Å². The third kappa shape index (κ3) is 2.12. The molecule has 6 heteroatoms. The maximum Gasteiger partial charge on any atom is 0.219 e. The first kappa shape index (κ1) is 12.2. The first-order valence-corrected chi connectivity index (χ1v) is 7.17. The number of fused-ring (bicyclic) bond motifs is 1. The standard InChI is InChI=1S/C13H16N4OS/c1-9(18)16-4-6-17(7-5-16)10-2-3-11-13(12(10)14)15-8-19-11/h2-3,8H,4-7,14H2,1H3. The molecule has 0 saturated carbocycles. The van der Waals surface area contributed by atoms with Gasteiger partial charge in [0.1, 0.15) is 5.52 Å². The number of carbonyl (C=O) groups is 1. The van der Waals surface area contributed by atoms with E-state index in [-0.39, 0.29) is 5.91 Å². The Bertz CT molecular complexity index is 616. The summed E-state index contributed by atoms with van der Waals surface area (Å²) in [4.78, 5) is 19.7. The summed E-state index contributed by atoms with van der Waals surface area (Å²) >= 11 is 1.60. The maximum atomic E-state index is 11.3. The van der Waals surface area contributed by atoms with Gasteiger partial charge in [0.25, 0.3) is 0 Å². The van der Waals surface area contributed by atoms with Crippen LogP contribution in [0.3, 0.4) is 0 Å². The van der Waals surface area contributed by atoms with Crippen LogP contribution in [-0.4, -0.2) is 42.0 Å². The molecule has 1 saturated heterocycles. The lowest BCUT2D eigenvalue weighted by atomic mass is 10.2. The third-order valence-corrected chi connectivity index (χ3v) is 4.38. The lowest BCUT2D eigenvalue weighted by molar-refractivity contribution is -0.129. The van der Waals surface area contributed by atoms with Gasteiger partial charge in [0.2, 0.25) is 5.91 Å². The lowest BCUT2D eigenvalue weighted by Crippen LogP contribution is -2.48. The van der Waals surface area contributed by atoms with E-state index >= 15 is 0 Å². The molecule has 3 rings (SSSR count). The van der Waals surface area contributed by atoms with Gasteiger partial charge in [-0.15, -0.1) is 11.3 Å². The molecule has 0 bridgehead atoms. The molecular formula is C13H16N4OS. The van der Waals surface area contributed by atoms with Crippen LogP contribution >= 0.6 is 11.3 Å². The van der Waals surface area contributed by atoms with E-state index in [1.807, 2.05) is 10.4 Å². The lowest BCUT2D eigenvalue weighted by Gasteiger charge is -2.36. The first-order valence-electron chi connectivity index (χ1n) is 6.29. The fourth-order valence-electron chi connectivity index (χ4n) is 2.48. The van der Waals surface area contributed by atoms with Gasteiger partial charge in [0, 0.05) is 33.1 Å². The molecule has 1 amide bonds. The highest BCUT2D eigenvalue weighted by molar-refractivity contribution is 7.16. The number of nitrogens with zero attached hydrogens (tertiary/aromatic N) is 3. The van der Waals surface area contributed by atoms with Crippen LogP contribution in [0.2, 0.25) is 0 Å². The van der Waals surface area contributed by atoms with E-state index in [2.05, 4.69) is 22.0 Å². The second-order valence-corrected chi connectivity index (χ2v) is 5.58. The molecule has 0 radical (unpaired) electrons. The number of nitrogens with two attached hydrogens (primary N) is 1. The molecule has 2 heterocycles. The molecule has 0 atom stereocenters. The highest BCUT2D eigenvalue weighted by Gasteiger charge is 2.21. The van der Waals surface area contributed by atoms with E-state index in [1.54, 1.807) is 18.3 Å². The van der Waals surface area contributed by atoms with Gasteiger partial charge in [-0.1, -0.05) is 0 Å². The Morgan fingerprint density at radius 2 is 2.05 bits per heavy atom. The summed E-state index contributed by atoms with van der Waals surface area (Å²) in [6.45, 7) is 4.76. The minimum absolute atomic E-state index is 0.141. The molecule has 5 nitrogen and oxygen atoms in total. The van der Waals surface area contributed by atoms with Crippen LogP contribution in [0.25, 0.3) is 10.2 Å². The average molecular weight is 276 g/mol. The number of rotatable bonds is 1. The zero-order chi connectivity index (χ0) is 13.4. The number of anilines is 2. The quantitative estimate of drug-likeness (QED) is 0.803. The molecule has 100 valence electrons. The maximum absolute atomic E-state index is 11.3. The Balaban J connectivity index is 1.85. The van der Waals surface area contributed by atoms with E-state index in [0.29, 0.717) is 0 Å². The van der Waals surface area contributed by atoms with Crippen molar-refractivity contribution in [2.24, 2.45) is 0 Å². The summed E-state index contributed by atoms with van der Waals surface area (Å²) in [5.41, 5.74) is 10.7. The molecule has 2 aromatic rings. The van der Waals surface area contributed by atoms with E-state index in [4.69, 9.17) is 5.73 Å². The number of piperazine rings is 1. The van der Waals surface area contributed by atoms with E-state index in [1.165, 1.54) is 0 Å². The number of benzene rings is 1. The van der Waals surface area contributed by atoms with Crippen molar-refractivity contribution in [3.05, 3.63) is 17.6 Å². The Hall–Kier alpha value is -1.82. The number of thiazole rings is 1. The number of aromatic nitrogens is 1. The van der Waals surface area contributed by atoms with Crippen LogP contribution in [0.1, 0.15) is 6.92 Å². The Morgan fingerprint density at radius 3 is 2.74 bits per heavy atom. The van der Waals surface area contributed by atoms with Gasteiger partial charge in [-0.3, -0.25) is 4.79 Å². The van der Waals surface area contributed by atoms with Crippen LogP contribution in [0.15, 0.2) is 17.6 Å². The van der Waals surface area contributed by atoms with Gasteiger partial charge in [-0.05, 0) is 12.1 Å². The molecule has 2 N–H and O–H groups in total. The number of hydrogen-bond acceptors (Lipinski definition) is 5. The van der Waals surface area contributed by atoms with Crippen molar-refractivity contribution in [1.29, 1.82) is 0 Å². The topological polar surface area (TPSA) is 62.5 Å². The summed E-state index contributed by atoms with van der Waals surface area (Å²) in [6.07, 6.45) is 0. The molecule has 19 heavy (non-hydrogen) atoms. The van der Waals surface area contributed by atoms with Crippen molar-refractivity contribution in [1.82, 2.24) is 9.88 Å². The van der Waals surface area contributed by atoms with Crippen LogP contribution < -0.4 is 10.6 Å². The minimum atomic E-state index is 0.141. The van der Waals surface area contributed by atoms with Crippen LogP contribution in [0, 0.1) is 0 Å². The molecule has 0 aliphatic carbocycles. The van der Waals surface area contributed by atoms with Crippen LogP contribution in [0.5, 0.6) is 0 Å². The summed E-state index contributed by atoms with van der Waals surface area (Å²) in [5, 5.41) is 0. The zero-order valence-electron chi connectivity index (χ0n) is 10.8. The van der Waals surface area contributed by atoms with Gasteiger partial charge in [-0.25, -0.2) is 4.98 Å². The molecule has 1 aliphatic heterocycles. The van der Waals surface area contributed by atoms with E-state index in [9.17, 15) is 4.79 Å². The van der Waals surface area contributed by atoms with Crippen molar-refractivity contribution in [2.75, 3.05) is 36.8 Å². The van der Waals surface area contributed by atoms with Crippen molar-refractivity contribution >= 4 is 38.8 Å². The average Bonchev–Trinajstić information content (AvgIpc) is 2.88. The molecule has 1 aromatic carbocycles. The number of hydrogen-bond donors (Lipinski definition) is 1. The largest absolute Gasteiger partial charge is 0.395 e. The fraction of sp³-hybridized carbons (Fsp3) is 0.385. The molecule has 0 unspecified atom stereocenters. The monoisotopic (exact) mass is 276 g/mol. The normalized spacial score (nSPS) is 16.1. The molecule has 1 aliphatic rings. The summed E-state index contributed by atoms with van der Waals surface area (Å²) in [6, 6.07) is 4.12. The van der Waals surface area contributed by atoms with Gasteiger partial charge >= 0.3 is 0 Å². The molecular weight excluding hydrogens is 260 g/mol. The van der Waals surface area contributed by atoms with Crippen molar-refractivity contribution in [3.8, 4) is 0 Å². The Labute approximate surface area is 115 Å². The Kier molecular flexibility index (Phi) is 3.02. The second kappa shape index (κ2) is 4.70. The fourth-order valence-corrected chi connectivity index (χ4v) is 3.17. The van der Waals surface area contributed by atoms with Gasteiger partial charge < -0.3 is 15.5 Å². The summed E-state index contributed by atoms with van der Waals surface area (Å²) < 4.78 is 1.11. The highest BCUT2D eigenvalue weighted by Crippen LogP contribution is 2.32. The number of carbonyl (C=O) groups excluding carboxylic acids is 1. The minimum Gasteiger partial charge on any atom is -0.395 e. The molecule has 1 aromatic heterocycles. The predicted octanol–water partition coefficient (Wildman–Crippen LogP) is 1.55. The summed E-state index contributed by atoms with van der Waals surface area (Å²) in [7, 11) is 0. The zero-order valence-corrected chi connectivity index (χ0v) is 11.6. The van der Waals surface area contributed by atoms with Crippen molar-refractivity contribution in [2.45, 2.75) is 6.92 Å². The van der Waals surface area contributed by atoms with Crippen molar-refractivity contribution in [3.63, 3.8) is 0 Å². The van der Waals surface area contributed by atoms with Gasteiger partial charge in [-0.2, -0.15) is 0 Å². The first-order chi connectivity index (χ1) is 9.16. The highest BCUT2D eigenvalue weighted by atomic mass is 32.1. The number of amides is 1. The third-order valence-electron chi connectivity index (χ3n) is 3.58. The van der Waals surface area contributed by atoms with Crippen LogP contribution in [0.4, 0.5) is 11.4 Å². The van der Waals surface area contributed by atoms with Gasteiger partial charge in [0.05, 0.1) is 21.6 Å². The Morgan fingerprint density at radius 1 is 1.32 bits per heavy atom. The van der Waals surface area contributed by atoms with Crippen molar-refractivity contribution < 1.29 is 4.79 Å². The summed E-state index contributed by atoms with van der Waals surface area (Å²) in [5.74, 6) is 0.141. The second-order valence-electron chi connectivity index (χ2n) is 4.69. The van der Waals surface area contributed by atoms with Crippen LogP contribution in [-0.2, 0) is 4.79 Å². The van der Waals surface area contributed by atoms with Gasteiger partial charge in [0.15, 0.2) is 0 Å². The molecule has 0 spiro atoms. The smallest absolute Gasteiger partial charge is 0.219 e. The van der Waals surface area contributed by atoms with E-state index in [0.717, 1.165) is 47.8 Å². The predicted molar refractivity (Wildman–Crippen MR) is 78.5 cm³/mol. The SMILES string of the molecule is CC(=O)N1CCN(c2ccc3scnc3c2N)CC1.